The van der Waals surface area contributed by atoms with Crippen LogP contribution in [-0.2, 0) is 9.53 Å². The molecule has 1 atom stereocenters. The zero-order valence-electron chi connectivity index (χ0n) is 16.6. The van der Waals surface area contributed by atoms with E-state index in [1.807, 2.05) is 19.1 Å². The number of carbonyl (C=O) groups is 1. The van der Waals surface area contributed by atoms with E-state index in [4.69, 9.17) is 14.2 Å². The Hall–Kier alpha value is -3.04. The highest BCUT2D eigenvalue weighted by atomic mass is 32.2. The van der Waals surface area contributed by atoms with Gasteiger partial charge in [0.15, 0.2) is 16.7 Å². The fraction of sp³-hybridized carbons (Fsp3) is 0.286. The number of anilines is 1. The number of hydrogen-bond donors (Lipinski definition) is 1. The summed E-state index contributed by atoms with van der Waals surface area (Å²) in [6.45, 7) is 2.42. The molecule has 30 heavy (non-hydrogen) atoms. The SMILES string of the molecule is COC[C@H](C)n1c(SCC(=O)Nc2ccc3c(c2)OCO3)nc2ccccc2c1=O. The van der Waals surface area contributed by atoms with Crippen LogP contribution in [0.1, 0.15) is 13.0 Å². The van der Waals surface area contributed by atoms with Crippen LogP contribution in [-0.4, -0.2) is 41.7 Å². The summed E-state index contributed by atoms with van der Waals surface area (Å²) in [5.74, 6) is 1.13. The normalized spacial score (nSPS) is 13.4. The van der Waals surface area contributed by atoms with Gasteiger partial charge in [0.05, 0.1) is 29.3 Å². The van der Waals surface area contributed by atoms with Gasteiger partial charge in [-0.2, -0.15) is 0 Å². The molecule has 3 aromatic rings. The van der Waals surface area contributed by atoms with Crippen LogP contribution in [0, 0.1) is 0 Å². The van der Waals surface area contributed by atoms with Crippen LogP contribution in [0.4, 0.5) is 5.69 Å². The third-order valence-corrected chi connectivity index (χ3v) is 5.57. The van der Waals surface area contributed by atoms with Crippen molar-refractivity contribution < 1.29 is 19.0 Å². The molecule has 9 heteroatoms. The first-order valence-corrected chi connectivity index (χ1v) is 10.4. The number of carbonyl (C=O) groups excluding carboxylic acids is 1. The number of rotatable bonds is 7. The Labute approximate surface area is 177 Å². The number of thioether (sulfide) groups is 1. The van der Waals surface area contributed by atoms with Gasteiger partial charge in [-0.1, -0.05) is 23.9 Å². The topological polar surface area (TPSA) is 91.7 Å². The molecule has 1 aromatic heterocycles. The summed E-state index contributed by atoms with van der Waals surface area (Å²) in [5, 5.41) is 3.85. The van der Waals surface area contributed by atoms with E-state index >= 15 is 0 Å². The summed E-state index contributed by atoms with van der Waals surface area (Å²) in [6.07, 6.45) is 0. The average molecular weight is 427 g/mol. The van der Waals surface area contributed by atoms with E-state index in [0.29, 0.717) is 39.9 Å². The molecule has 4 rings (SSSR count). The molecule has 0 radical (unpaired) electrons. The van der Waals surface area contributed by atoms with Crippen LogP contribution in [0.25, 0.3) is 10.9 Å². The zero-order chi connectivity index (χ0) is 21.1. The number of amides is 1. The van der Waals surface area contributed by atoms with Gasteiger partial charge in [0, 0.05) is 18.9 Å². The maximum Gasteiger partial charge on any atom is 0.262 e. The fourth-order valence-electron chi connectivity index (χ4n) is 3.23. The number of nitrogens with zero attached hydrogens (tertiary/aromatic N) is 2. The quantitative estimate of drug-likeness (QED) is 0.458. The summed E-state index contributed by atoms with van der Waals surface area (Å²) < 4.78 is 17.4. The molecule has 0 bridgehead atoms. The molecule has 1 N–H and O–H groups in total. The van der Waals surface area contributed by atoms with Crippen molar-refractivity contribution in [3.05, 3.63) is 52.8 Å². The number of fused-ring (bicyclic) bond motifs is 2. The van der Waals surface area contributed by atoms with Gasteiger partial charge >= 0.3 is 0 Å². The Morgan fingerprint density at radius 3 is 2.90 bits per heavy atom. The lowest BCUT2D eigenvalue weighted by Crippen LogP contribution is -2.29. The summed E-state index contributed by atoms with van der Waals surface area (Å²) >= 11 is 1.21. The van der Waals surface area contributed by atoms with Crippen LogP contribution in [0.2, 0.25) is 0 Å². The van der Waals surface area contributed by atoms with Crippen molar-refractivity contribution in [2.75, 3.05) is 31.6 Å². The lowest BCUT2D eigenvalue weighted by Gasteiger charge is -2.18. The maximum absolute atomic E-state index is 13.0. The number of ether oxygens (including phenoxy) is 3. The molecule has 1 amide bonds. The van der Waals surface area contributed by atoms with Crippen molar-refractivity contribution in [3.8, 4) is 11.5 Å². The lowest BCUT2D eigenvalue weighted by molar-refractivity contribution is -0.113. The molecule has 0 fully saturated rings. The first-order chi connectivity index (χ1) is 14.6. The standard InChI is InChI=1S/C21H21N3O5S/c1-13(10-27-2)24-20(26)15-5-3-4-6-16(15)23-21(24)30-11-19(25)22-14-7-8-17-18(9-14)29-12-28-17/h3-9,13H,10-12H2,1-2H3,(H,22,25)/t13-/m0/s1. The largest absolute Gasteiger partial charge is 0.454 e. The molecule has 0 aliphatic carbocycles. The summed E-state index contributed by atoms with van der Waals surface area (Å²) in [4.78, 5) is 30.2. The Morgan fingerprint density at radius 2 is 2.07 bits per heavy atom. The van der Waals surface area contributed by atoms with E-state index in [1.54, 1.807) is 42.0 Å². The number of para-hydroxylation sites is 1. The number of aromatic nitrogens is 2. The molecule has 0 spiro atoms. The fourth-order valence-corrected chi connectivity index (χ4v) is 4.13. The average Bonchev–Trinajstić information content (AvgIpc) is 3.20. The van der Waals surface area contributed by atoms with Gasteiger partial charge in [0.2, 0.25) is 12.7 Å². The minimum absolute atomic E-state index is 0.0962. The molecule has 1 aliphatic heterocycles. The summed E-state index contributed by atoms with van der Waals surface area (Å²) in [6, 6.07) is 12.2. The van der Waals surface area contributed by atoms with E-state index in [9.17, 15) is 9.59 Å². The summed E-state index contributed by atoms with van der Waals surface area (Å²) in [7, 11) is 1.58. The van der Waals surface area contributed by atoms with Crippen LogP contribution in [0.15, 0.2) is 52.4 Å². The predicted molar refractivity (Wildman–Crippen MR) is 115 cm³/mol. The Kier molecular flexibility index (Phi) is 5.91. The third-order valence-electron chi connectivity index (χ3n) is 4.61. The van der Waals surface area contributed by atoms with E-state index in [2.05, 4.69) is 10.3 Å². The Balaban J connectivity index is 1.54. The second-order valence-corrected chi connectivity index (χ2v) is 7.74. The van der Waals surface area contributed by atoms with Gasteiger partial charge in [-0.15, -0.1) is 0 Å². The number of nitrogens with one attached hydrogen (secondary N) is 1. The van der Waals surface area contributed by atoms with Gasteiger partial charge in [0.1, 0.15) is 0 Å². The highest BCUT2D eigenvalue weighted by Crippen LogP contribution is 2.34. The molecule has 2 heterocycles. The lowest BCUT2D eigenvalue weighted by atomic mass is 10.2. The minimum atomic E-state index is -0.223. The Morgan fingerprint density at radius 1 is 1.27 bits per heavy atom. The summed E-state index contributed by atoms with van der Waals surface area (Å²) in [5.41, 5.74) is 1.06. The van der Waals surface area contributed by atoms with Crippen molar-refractivity contribution in [1.82, 2.24) is 9.55 Å². The Bertz CT molecular complexity index is 1150. The molecule has 2 aromatic carbocycles. The maximum atomic E-state index is 13.0. The first kappa shape index (κ1) is 20.2. The highest BCUT2D eigenvalue weighted by molar-refractivity contribution is 7.99. The molecular formula is C21H21N3O5S. The van der Waals surface area contributed by atoms with E-state index in [-0.39, 0.29) is 30.1 Å². The van der Waals surface area contributed by atoms with Crippen LogP contribution in [0.5, 0.6) is 11.5 Å². The van der Waals surface area contributed by atoms with Crippen molar-refractivity contribution >= 4 is 34.3 Å². The third kappa shape index (κ3) is 4.12. The van der Waals surface area contributed by atoms with E-state index in [0.717, 1.165) is 0 Å². The molecular weight excluding hydrogens is 406 g/mol. The van der Waals surface area contributed by atoms with Crippen LogP contribution >= 0.6 is 11.8 Å². The van der Waals surface area contributed by atoms with Crippen molar-refractivity contribution in [1.29, 1.82) is 0 Å². The van der Waals surface area contributed by atoms with Gasteiger partial charge in [-0.05, 0) is 31.2 Å². The monoisotopic (exact) mass is 427 g/mol. The van der Waals surface area contributed by atoms with Crippen molar-refractivity contribution in [2.24, 2.45) is 0 Å². The van der Waals surface area contributed by atoms with Crippen LogP contribution in [0.3, 0.4) is 0 Å². The first-order valence-electron chi connectivity index (χ1n) is 9.39. The van der Waals surface area contributed by atoms with Crippen molar-refractivity contribution in [2.45, 2.75) is 18.1 Å². The van der Waals surface area contributed by atoms with Gasteiger partial charge < -0.3 is 19.5 Å². The number of methoxy groups -OCH3 is 1. The zero-order valence-corrected chi connectivity index (χ0v) is 17.4. The molecule has 0 saturated carbocycles. The second-order valence-electron chi connectivity index (χ2n) is 6.80. The number of hydrogen-bond acceptors (Lipinski definition) is 7. The smallest absolute Gasteiger partial charge is 0.262 e. The van der Waals surface area contributed by atoms with Gasteiger partial charge in [-0.25, -0.2) is 4.98 Å². The van der Waals surface area contributed by atoms with Gasteiger partial charge in [-0.3, -0.25) is 14.2 Å². The minimum Gasteiger partial charge on any atom is -0.454 e. The van der Waals surface area contributed by atoms with Crippen LogP contribution < -0.4 is 20.3 Å². The molecule has 156 valence electrons. The number of benzene rings is 2. The van der Waals surface area contributed by atoms with Gasteiger partial charge in [0.25, 0.3) is 5.56 Å². The predicted octanol–water partition coefficient (Wildman–Crippen LogP) is 3.06. The second kappa shape index (κ2) is 8.76. The highest BCUT2D eigenvalue weighted by Gasteiger charge is 2.18. The molecule has 0 unspecified atom stereocenters. The van der Waals surface area contributed by atoms with E-state index in [1.165, 1.54) is 11.8 Å². The molecule has 8 nitrogen and oxygen atoms in total. The molecule has 0 saturated heterocycles. The van der Waals surface area contributed by atoms with E-state index < -0.39 is 0 Å². The molecule has 1 aliphatic rings. The van der Waals surface area contributed by atoms with Crippen molar-refractivity contribution in [3.63, 3.8) is 0 Å².